The van der Waals surface area contributed by atoms with E-state index in [0.717, 1.165) is 30.8 Å². The van der Waals surface area contributed by atoms with Gasteiger partial charge in [-0.25, -0.2) is 0 Å². The van der Waals surface area contributed by atoms with Gasteiger partial charge in [-0.3, -0.25) is 4.79 Å². The molecule has 0 saturated carbocycles. The summed E-state index contributed by atoms with van der Waals surface area (Å²) in [5.41, 5.74) is 7.62. The lowest BCUT2D eigenvalue weighted by Crippen LogP contribution is -2.35. The van der Waals surface area contributed by atoms with E-state index in [-0.39, 0.29) is 12.5 Å². The molecule has 0 saturated heterocycles. The number of aliphatic hydroxyl groups is 1. The van der Waals surface area contributed by atoms with E-state index in [1.165, 1.54) is 0 Å². The number of aliphatic hydroxyl groups excluding tert-OH is 1. The predicted molar refractivity (Wildman–Crippen MR) is 87.5 cm³/mol. The summed E-state index contributed by atoms with van der Waals surface area (Å²) < 4.78 is 0. The molecule has 0 spiro atoms. The van der Waals surface area contributed by atoms with Gasteiger partial charge in [0.15, 0.2) is 0 Å². The van der Waals surface area contributed by atoms with E-state index >= 15 is 0 Å². The maximum atomic E-state index is 11.9. The fourth-order valence-electron chi connectivity index (χ4n) is 2.14. The number of carbonyl (C=O) groups excluding carboxylic acids is 1. The topological polar surface area (TPSA) is 78.6 Å². The van der Waals surface area contributed by atoms with Crippen molar-refractivity contribution in [2.45, 2.75) is 39.2 Å². The molecule has 0 radical (unpaired) electrons. The lowest BCUT2D eigenvalue weighted by Gasteiger charge is -2.22. The highest BCUT2D eigenvalue weighted by Crippen LogP contribution is 2.18. The molecule has 4 N–H and O–H groups in total. The van der Waals surface area contributed by atoms with Crippen molar-refractivity contribution in [1.82, 2.24) is 0 Å². The van der Waals surface area contributed by atoms with Gasteiger partial charge in [-0.15, -0.1) is 0 Å². The molecule has 1 aromatic rings. The highest BCUT2D eigenvalue weighted by molar-refractivity contribution is 5.94. The van der Waals surface area contributed by atoms with Gasteiger partial charge in [-0.1, -0.05) is 19.8 Å². The van der Waals surface area contributed by atoms with Gasteiger partial charge in [0, 0.05) is 24.5 Å². The van der Waals surface area contributed by atoms with E-state index in [1.807, 2.05) is 31.2 Å². The smallest absolute Gasteiger partial charge is 0.241 e. The fourth-order valence-corrected chi connectivity index (χ4v) is 2.14. The summed E-state index contributed by atoms with van der Waals surface area (Å²) in [5, 5.41) is 11.9. The second-order valence-corrected chi connectivity index (χ2v) is 5.09. The van der Waals surface area contributed by atoms with Crippen molar-refractivity contribution in [2.75, 3.05) is 29.9 Å². The second-order valence-electron chi connectivity index (χ2n) is 5.09. The Balaban J connectivity index is 2.59. The molecule has 0 fully saturated rings. The first-order valence-electron chi connectivity index (χ1n) is 7.64. The maximum Gasteiger partial charge on any atom is 0.241 e. The van der Waals surface area contributed by atoms with Gasteiger partial charge in [0.25, 0.3) is 0 Å². The first-order valence-corrected chi connectivity index (χ1v) is 7.64. The molecule has 118 valence electrons. The van der Waals surface area contributed by atoms with Gasteiger partial charge < -0.3 is 21.1 Å². The van der Waals surface area contributed by atoms with Crippen molar-refractivity contribution in [3.63, 3.8) is 0 Å². The Hall–Kier alpha value is -1.59. The molecule has 0 aliphatic carbocycles. The molecule has 0 aromatic heterocycles. The first kappa shape index (κ1) is 17.5. The normalized spacial score (nSPS) is 12.0. The maximum absolute atomic E-state index is 11.9. The number of carbonyl (C=O) groups is 1. The molecule has 0 bridgehead atoms. The monoisotopic (exact) mass is 293 g/mol. The van der Waals surface area contributed by atoms with Gasteiger partial charge in [0.05, 0.1) is 12.6 Å². The Bertz CT molecular complexity index is 420. The van der Waals surface area contributed by atoms with Crippen LogP contribution < -0.4 is 16.0 Å². The molecule has 5 nitrogen and oxygen atoms in total. The van der Waals surface area contributed by atoms with Crippen LogP contribution in [-0.2, 0) is 4.79 Å². The third kappa shape index (κ3) is 5.73. The summed E-state index contributed by atoms with van der Waals surface area (Å²) in [6.45, 7) is 5.67. The van der Waals surface area contributed by atoms with Gasteiger partial charge >= 0.3 is 0 Å². The minimum absolute atomic E-state index is 0.124. The summed E-state index contributed by atoms with van der Waals surface area (Å²) >= 11 is 0. The van der Waals surface area contributed by atoms with E-state index in [2.05, 4.69) is 17.1 Å². The molecule has 1 aromatic carbocycles. The lowest BCUT2D eigenvalue weighted by atomic mass is 10.1. The molecule has 1 rings (SSSR count). The summed E-state index contributed by atoms with van der Waals surface area (Å²) in [7, 11) is 0. The number of nitrogens with zero attached hydrogens (tertiary/aromatic N) is 1. The molecule has 0 aliphatic rings. The Morgan fingerprint density at radius 3 is 2.52 bits per heavy atom. The minimum atomic E-state index is -0.453. The number of nitrogens with one attached hydrogen (secondary N) is 1. The van der Waals surface area contributed by atoms with E-state index in [4.69, 9.17) is 10.8 Å². The number of unbranched alkanes of at least 4 members (excludes halogenated alkanes) is 1. The van der Waals surface area contributed by atoms with E-state index in [0.29, 0.717) is 13.0 Å². The zero-order valence-corrected chi connectivity index (χ0v) is 13.0. The van der Waals surface area contributed by atoms with Crippen LogP contribution in [0.1, 0.15) is 33.1 Å². The zero-order valence-electron chi connectivity index (χ0n) is 13.0. The van der Waals surface area contributed by atoms with Crippen LogP contribution in [0.4, 0.5) is 11.4 Å². The highest BCUT2D eigenvalue weighted by Gasteiger charge is 2.13. The Kier molecular flexibility index (Phi) is 7.79. The Morgan fingerprint density at radius 2 is 2.00 bits per heavy atom. The fraction of sp³-hybridized carbons (Fsp3) is 0.562. The van der Waals surface area contributed by atoms with Crippen LogP contribution in [0.2, 0.25) is 0 Å². The third-order valence-corrected chi connectivity index (χ3v) is 3.46. The van der Waals surface area contributed by atoms with Crippen LogP contribution in [0.5, 0.6) is 0 Å². The standard InChI is InChI=1S/C16H27N3O2/c1-3-5-6-15(17)16(21)18-13-7-9-14(10-8-13)19(4-2)11-12-20/h7-10,15,20H,3-6,11-12,17H2,1-2H3,(H,18,21)/t15-/m0/s1. The van der Waals surface area contributed by atoms with Crippen molar-refractivity contribution >= 4 is 17.3 Å². The van der Waals surface area contributed by atoms with Crippen molar-refractivity contribution in [2.24, 2.45) is 5.73 Å². The lowest BCUT2D eigenvalue weighted by molar-refractivity contribution is -0.117. The number of anilines is 2. The van der Waals surface area contributed by atoms with Crippen LogP contribution in [0.3, 0.4) is 0 Å². The molecular weight excluding hydrogens is 266 g/mol. The number of likely N-dealkylation sites (N-methyl/N-ethyl adjacent to an activating group) is 1. The van der Waals surface area contributed by atoms with E-state index < -0.39 is 6.04 Å². The number of benzene rings is 1. The van der Waals surface area contributed by atoms with E-state index in [1.54, 1.807) is 0 Å². The molecular formula is C16H27N3O2. The largest absolute Gasteiger partial charge is 0.395 e. The van der Waals surface area contributed by atoms with E-state index in [9.17, 15) is 4.79 Å². The Morgan fingerprint density at radius 1 is 1.33 bits per heavy atom. The van der Waals surface area contributed by atoms with Crippen molar-refractivity contribution in [3.05, 3.63) is 24.3 Å². The molecule has 0 aliphatic heterocycles. The minimum Gasteiger partial charge on any atom is -0.395 e. The average molecular weight is 293 g/mol. The number of hydrogen-bond donors (Lipinski definition) is 3. The molecule has 21 heavy (non-hydrogen) atoms. The highest BCUT2D eigenvalue weighted by atomic mass is 16.3. The van der Waals surface area contributed by atoms with Crippen molar-refractivity contribution < 1.29 is 9.90 Å². The average Bonchev–Trinajstić information content (AvgIpc) is 2.51. The van der Waals surface area contributed by atoms with Gasteiger partial charge in [0.2, 0.25) is 5.91 Å². The van der Waals surface area contributed by atoms with Crippen LogP contribution in [0.25, 0.3) is 0 Å². The molecule has 1 atom stereocenters. The summed E-state index contributed by atoms with van der Waals surface area (Å²) in [5.74, 6) is -0.140. The number of hydrogen-bond acceptors (Lipinski definition) is 4. The molecule has 5 heteroatoms. The second kappa shape index (κ2) is 9.37. The van der Waals surface area contributed by atoms with Crippen molar-refractivity contribution in [3.8, 4) is 0 Å². The number of amides is 1. The van der Waals surface area contributed by atoms with Gasteiger partial charge in [0.1, 0.15) is 0 Å². The number of rotatable bonds is 9. The zero-order chi connectivity index (χ0) is 15.7. The first-order chi connectivity index (χ1) is 10.1. The summed E-state index contributed by atoms with van der Waals surface area (Å²) in [6, 6.07) is 7.14. The molecule has 0 unspecified atom stereocenters. The van der Waals surface area contributed by atoms with Crippen LogP contribution >= 0.6 is 0 Å². The molecule has 1 amide bonds. The third-order valence-electron chi connectivity index (χ3n) is 3.46. The van der Waals surface area contributed by atoms with Crippen LogP contribution in [0.15, 0.2) is 24.3 Å². The predicted octanol–water partition coefficient (Wildman–Crippen LogP) is 1.96. The SMILES string of the molecule is CCCC[C@H](N)C(=O)Nc1ccc(N(CC)CCO)cc1. The summed E-state index contributed by atoms with van der Waals surface area (Å²) in [4.78, 5) is 14.0. The Labute approximate surface area is 127 Å². The quantitative estimate of drug-likeness (QED) is 0.650. The summed E-state index contributed by atoms with van der Waals surface area (Å²) in [6.07, 6.45) is 2.70. The molecule has 0 heterocycles. The van der Waals surface area contributed by atoms with Crippen LogP contribution in [-0.4, -0.2) is 36.8 Å². The van der Waals surface area contributed by atoms with Gasteiger partial charge in [-0.05, 0) is 37.6 Å². The van der Waals surface area contributed by atoms with Gasteiger partial charge in [-0.2, -0.15) is 0 Å². The number of nitrogens with two attached hydrogens (primary N) is 1. The van der Waals surface area contributed by atoms with Crippen LogP contribution in [0, 0.1) is 0 Å². The van der Waals surface area contributed by atoms with Crippen molar-refractivity contribution in [1.29, 1.82) is 0 Å².